The third kappa shape index (κ3) is 4.48. The largest absolute Gasteiger partial charge is 0.389 e. The molecule has 1 aromatic rings. The Balaban J connectivity index is 2.67. The third-order valence-electron chi connectivity index (χ3n) is 2.48. The summed E-state index contributed by atoms with van der Waals surface area (Å²) in [7, 11) is 0. The Morgan fingerprint density at radius 2 is 2.28 bits per heavy atom. The van der Waals surface area contributed by atoms with E-state index in [0.717, 1.165) is 42.3 Å². The second-order valence-electron chi connectivity index (χ2n) is 3.72. The van der Waals surface area contributed by atoms with Crippen LogP contribution in [0.25, 0.3) is 0 Å². The normalized spacial score (nSPS) is 10.3. The molecule has 0 radical (unpaired) electrons. The molecule has 0 aliphatic carbocycles. The molecule has 0 amide bonds. The first kappa shape index (κ1) is 15.3. The lowest BCUT2D eigenvalue weighted by Crippen LogP contribution is -2.15. The molecule has 0 fully saturated rings. The smallest absolute Gasteiger partial charge is 0.107 e. The van der Waals surface area contributed by atoms with Crippen LogP contribution in [-0.4, -0.2) is 31.0 Å². The zero-order chi connectivity index (χ0) is 13.4. The second-order valence-corrected chi connectivity index (χ2v) is 5.01. The fourth-order valence-corrected chi connectivity index (χ4v) is 2.57. The second kappa shape index (κ2) is 8.34. The lowest BCUT2D eigenvalue weighted by Gasteiger charge is -2.14. The van der Waals surface area contributed by atoms with E-state index in [2.05, 4.69) is 5.32 Å². The van der Waals surface area contributed by atoms with Crippen LogP contribution in [0.15, 0.2) is 23.1 Å². The van der Waals surface area contributed by atoms with Crippen molar-refractivity contribution in [2.24, 2.45) is 5.73 Å². The summed E-state index contributed by atoms with van der Waals surface area (Å²) in [6.07, 6.45) is 2.99. The molecule has 0 aliphatic heterocycles. The maximum Gasteiger partial charge on any atom is 0.107 e. The van der Waals surface area contributed by atoms with Crippen LogP contribution in [0.5, 0.6) is 0 Å². The molecule has 18 heavy (non-hydrogen) atoms. The van der Waals surface area contributed by atoms with E-state index in [0.29, 0.717) is 4.99 Å². The quantitative estimate of drug-likeness (QED) is 0.437. The van der Waals surface area contributed by atoms with Crippen molar-refractivity contribution in [2.45, 2.75) is 18.2 Å². The molecule has 0 aliphatic rings. The fraction of sp³-hybridized carbons (Fsp3) is 0.462. The molecule has 100 valence electrons. The Morgan fingerprint density at radius 1 is 1.50 bits per heavy atom. The molecule has 0 atom stereocenters. The Hall–Kier alpha value is -0.780. The van der Waals surface area contributed by atoms with Crippen molar-refractivity contribution in [2.75, 3.05) is 31.3 Å². The lowest BCUT2D eigenvalue weighted by molar-refractivity contribution is 0.147. The number of benzene rings is 1. The van der Waals surface area contributed by atoms with Crippen LogP contribution in [0.1, 0.15) is 18.9 Å². The van der Waals surface area contributed by atoms with Gasteiger partial charge >= 0.3 is 0 Å². The molecule has 0 saturated heterocycles. The molecule has 3 N–H and O–H groups in total. The summed E-state index contributed by atoms with van der Waals surface area (Å²) >= 11 is 6.78. The Labute approximate surface area is 118 Å². The average molecular weight is 284 g/mol. The van der Waals surface area contributed by atoms with Gasteiger partial charge in [-0.05, 0) is 31.7 Å². The number of thioether (sulfide) groups is 1. The van der Waals surface area contributed by atoms with Crippen LogP contribution in [0, 0.1) is 0 Å². The van der Waals surface area contributed by atoms with Crippen LogP contribution in [0.4, 0.5) is 5.69 Å². The minimum atomic E-state index is 0.437. The number of anilines is 1. The van der Waals surface area contributed by atoms with Gasteiger partial charge in [0.1, 0.15) is 4.99 Å². The molecular weight excluding hydrogens is 264 g/mol. The third-order valence-corrected chi connectivity index (χ3v) is 3.46. The molecule has 5 heteroatoms. The van der Waals surface area contributed by atoms with Gasteiger partial charge in [-0.2, -0.15) is 0 Å². The predicted molar refractivity (Wildman–Crippen MR) is 83.7 cm³/mol. The number of thiocarbonyl (C=S) groups is 1. The van der Waals surface area contributed by atoms with Gasteiger partial charge in [0.2, 0.25) is 0 Å². The summed E-state index contributed by atoms with van der Waals surface area (Å²) < 4.78 is 5.30. The maximum atomic E-state index is 5.80. The van der Waals surface area contributed by atoms with Crippen molar-refractivity contribution in [1.29, 1.82) is 0 Å². The topological polar surface area (TPSA) is 47.3 Å². The zero-order valence-electron chi connectivity index (χ0n) is 10.9. The number of nitrogens with one attached hydrogen (secondary N) is 1. The highest BCUT2D eigenvalue weighted by Gasteiger charge is 2.09. The van der Waals surface area contributed by atoms with Gasteiger partial charge in [0, 0.05) is 35.9 Å². The highest BCUT2D eigenvalue weighted by atomic mass is 32.2. The van der Waals surface area contributed by atoms with Crippen molar-refractivity contribution in [1.82, 2.24) is 0 Å². The van der Waals surface area contributed by atoms with Crippen LogP contribution < -0.4 is 11.1 Å². The first-order chi connectivity index (χ1) is 8.70. The molecule has 1 rings (SSSR count). The standard InChI is InChI=1S/C13H20N2OS2/c1-3-16-9-5-8-15-10-6-4-7-11(18-2)12(10)13(14)17/h4,6-7,15H,3,5,8-9H2,1-2H3,(H2,14,17). The summed E-state index contributed by atoms with van der Waals surface area (Å²) in [5.41, 5.74) is 7.74. The summed E-state index contributed by atoms with van der Waals surface area (Å²) in [6, 6.07) is 6.05. The summed E-state index contributed by atoms with van der Waals surface area (Å²) in [5, 5.41) is 3.37. The first-order valence-corrected chi connectivity index (χ1v) is 7.62. The van der Waals surface area contributed by atoms with E-state index >= 15 is 0 Å². The molecule has 0 spiro atoms. The zero-order valence-corrected chi connectivity index (χ0v) is 12.5. The number of hydrogen-bond acceptors (Lipinski definition) is 4. The van der Waals surface area contributed by atoms with E-state index in [1.165, 1.54) is 0 Å². The van der Waals surface area contributed by atoms with Gasteiger partial charge in [0.25, 0.3) is 0 Å². The summed E-state index contributed by atoms with van der Waals surface area (Å²) in [5.74, 6) is 0. The minimum absolute atomic E-state index is 0.437. The Bertz CT molecular complexity index is 397. The van der Waals surface area contributed by atoms with Gasteiger partial charge in [-0.25, -0.2) is 0 Å². The molecule has 0 saturated carbocycles. The Kier molecular flexibility index (Phi) is 7.08. The molecule has 0 heterocycles. The van der Waals surface area contributed by atoms with Crippen molar-refractivity contribution >= 4 is 34.7 Å². The number of ether oxygens (including phenoxy) is 1. The molecule has 0 unspecified atom stereocenters. The minimum Gasteiger partial charge on any atom is -0.389 e. The van der Waals surface area contributed by atoms with E-state index in [9.17, 15) is 0 Å². The molecule has 0 aromatic heterocycles. The fourth-order valence-electron chi connectivity index (χ4n) is 1.64. The molecule has 0 bridgehead atoms. The van der Waals surface area contributed by atoms with Gasteiger partial charge < -0.3 is 15.8 Å². The summed E-state index contributed by atoms with van der Waals surface area (Å²) in [6.45, 7) is 4.39. The van der Waals surface area contributed by atoms with E-state index in [1.807, 2.05) is 31.4 Å². The van der Waals surface area contributed by atoms with Crippen LogP contribution in [-0.2, 0) is 4.74 Å². The highest BCUT2D eigenvalue weighted by molar-refractivity contribution is 7.98. The summed E-state index contributed by atoms with van der Waals surface area (Å²) in [4.78, 5) is 1.55. The van der Waals surface area contributed by atoms with Crippen LogP contribution in [0.2, 0.25) is 0 Å². The highest BCUT2D eigenvalue weighted by Crippen LogP contribution is 2.27. The van der Waals surface area contributed by atoms with Crippen molar-refractivity contribution < 1.29 is 4.74 Å². The Morgan fingerprint density at radius 3 is 2.89 bits per heavy atom. The number of rotatable bonds is 8. The van der Waals surface area contributed by atoms with Gasteiger partial charge in [-0.3, -0.25) is 0 Å². The van der Waals surface area contributed by atoms with E-state index < -0.39 is 0 Å². The van der Waals surface area contributed by atoms with E-state index in [4.69, 9.17) is 22.7 Å². The van der Waals surface area contributed by atoms with Gasteiger partial charge in [0.05, 0.1) is 0 Å². The van der Waals surface area contributed by atoms with Gasteiger partial charge in [-0.15, -0.1) is 11.8 Å². The van der Waals surface area contributed by atoms with Crippen molar-refractivity contribution in [3.05, 3.63) is 23.8 Å². The lowest BCUT2D eigenvalue weighted by atomic mass is 10.1. The van der Waals surface area contributed by atoms with Crippen LogP contribution >= 0.6 is 24.0 Å². The molecule has 1 aromatic carbocycles. The van der Waals surface area contributed by atoms with Gasteiger partial charge in [-0.1, -0.05) is 18.3 Å². The first-order valence-electron chi connectivity index (χ1n) is 5.99. The van der Waals surface area contributed by atoms with E-state index in [-0.39, 0.29) is 0 Å². The van der Waals surface area contributed by atoms with Crippen LogP contribution in [0.3, 0.4) is 0 Å². The van der Waals surface area contributed by atoms with Gasteiger partial charge in [0.15, 0.2) is 0 Å². The SMILES string of the molecule is CCOCCCNc1cccc(SC)c1C(N)=S. The molecule has 3 nitrogen and oxygen atoms in total. The van der Waals surface area contributed by atoms with Crippen molar-refractivity contribution in [3.8, 4) is 0 Å². The predicted octanol–water partition coefficient (Wildman–Crippen LogP) is 2.88. The number of nitrogens with two attached hydrogens (primary N) is 1. The van der Waals surface area contributed by atoms with E-state index in [1.54, 1.807) is 11.8 Å². The van der Waals surface area contributed by atoms with Crippen molar-refractivity contribution in [3.63, 3.8) is 0 Å². The monoisotopic (exact) mass is 284 g/mol. The average Bonchev–Trinajstić information content (AvgIpc) is 2.37. The number of hydrogen-bond donors (Lipinski definition) is 2. The molecular formula is C13H20N2OS2. The maximum absolute atomic E-state index is 5.80.